The number of carbonyl (C=O) groups excluding carboxylic acids is 2. The first kappa shape index (κ1) is 17.5. The predicted octanol–water partition coefficient (Wildman–Crippen LogP) is 0.495. The molecule has 0 aliphatic heterocycles. The molecule has 1 amide bonds. The van der Waals surface area contributed by atoms with Crippen molar-refractivity contribution in [2.24, 2.45) is 5.90 Å². The third-order valence-corrected chi connectivity index (χ3v) is 3.45. The van der Waals surface area contributed by atoms with E-state index in [0.29, 0.717) is 12.1 Å². The zero-order valence-corrected chi connectivity index (χ0v) is 13.3. The predicted molar refractivity (Wildman–Crippen MR) is 85.8 cm³/mol. The van der Waals surface area contributed by atoms with E-state index in [4.69, 9.17) is 10.6 Å². The molecule has 0 unspecified atom stereocenters. The van der Waals surface area contributed by atoms with Crippen molar-refractivity contribution in [1.82, 2.24) is 15.3 Å². The van der Waals surface area contributed by atoms with Gasteiger partial charge in [0.2, 0.25) is 5.91 Å². The number of hydrogen-bond acceptors (Lipinski definition) is 6. The zero-order valence-electron chi connectivity index (χ0n) is 13.3. The Bertz CT molecular complexity index is 672. The molecule has 2 aromatic rings. The number of esters is 1. The van der Waals surface area contributed by atoms with Gasteiger partial charge in [0, 0.05) is 18.5 Å². The summed E-state index contributed by atoms with van der Waals surface area (Å²) in [6.07, 6.45) is 2.54. The van der Waals surface area contributed by atoms with Crippen LogP contribution in [-0.4, -0.2) is 35.0 Å². The van der Waals surface area contributed by atoms with Gasteiger partial charge >= 0.3 is 12.0 Å². The quantitative estimate of drug-likeness (QED) is 0.478. The maximum absolute atomic E-state index is 12.1. The van der Waals surface area contributed by atoms with Crippen LogP contribution in [0.3, 0.4) is 0 Å². The molecule has 0 saturated carbocycles. The minimum atomic E-state index is -0.815. The molecule has 0 aliphatic rings. The summed E-state index contributed by atoms with van der Waals surface area (Å²) in [5.41, 5.74) is 1.65. The van der Waals surface area contributed by atoms with E-state index < -0.39 is 12.0 Å². The van der Waals surface area contributed by atoms with Crippen LogP contribution in [0, 0.1) is 0 Å². The molecule has 0 radical (unpaired) electrons. The van der Waals surface area contributed by atoms with Gasteiger partial charge in [0.1, 0.15) is 6.04 Å². The lowest BCUT2D eigenvalue weighted by Gasteiger charge is -2.15. The van der Waals surface area contributed by atoms with Crippen LogP contribution in [0.25, 0.3) is 0 Å². The molecule has 0 aliphatic carbocycles. The van der Waals surface area contributed by atoms with Crippen LogP contribution < -0.4 is 16.1 Å². The lowest BCUT2D eigenvalue weighted by molar-refractivity contribution is -0.145. The minimum absolute atomic E-state index is 0.129. The SMILES string of the molecule is COC(=O)[C@H](Cc1cnc(ON)[nH]1)NC(=O)CCc1ccccc1. The number of nitrogens with two attached hydrogens (primary N) is 1. The van der Waals surface area contributed by atoms with Crippen LogP contribution in [0.5, 0.6) is 6.01 Å². The third-order valence-electron chi connectivity index (χ3n) is 3.45. The van der Waals surface area contributed by atoms with Crippen molar-refractivity contribution in [3.63, 3.8) is 0 Å². The first-order chi connectivity index (χ1) is 11.6. The van der Waals surface area contributed by atoms with Gasteiger partial charge in [-0.05, 0) is 12.0 Å². The molecule has 1 heterocycles. The molecule has 0 spiro atoms. The summed E-state index contributed by atoms with van der Waals surface area (Å²) >= 11 is 0. The topological polar surface area (TPSA) is 119 Å². The fourth-order valence-electron chi connectivity index (χ4n) is 2.23. The summed E-state index contributed by atoms with van der Waals surface area (Å²) in [4.78, 5) is 35.1. The molecule has 1 aromatic heterocycles. The molecule has 0 saturated heterocycles. The van der Waals surface area contributed by atoms with E-state index >= 15 is 0 Å². The smallest absolute Gasteiger partial charge is 0.328 e. The van der Waals surface area contributed by atoms with Gasteiger partial charge in [0.05, 0.1) is 13.3 Å². The van der Waals surface area contributed by atoms with E-state index in [2.05, 4.69) is 20.1 Å². The highest BCUT2D eigenvalue weighted by atomic mass is 16.6. The first-order valence-corrected chi connectivity index (χ1v) is 7.44. The highest BCUT2D eigenvalue weighted by molar-refractivity contribution is 5.84. The average molecular weight is 332 g/mol. The van der Waals surface area contributed by atoms with E-state index in [0.717, 1.165) is 5.56 Å². The van der Waals surface area contributed by atoms with Gasteiger partial charge < -0.3 is 19.9 Å². The number of carbonyl (C=O) groups is 2. The Balaban J connectivity index is 1.92. The first-order valence-electron chi connectivity index (χ1n) is 7.44. The number of nitrogens with zero attached hydrogens (tertiary/aromatic N) is 1. The van der Waals surface area contributed by atoms with Crippen molar-refractivity contribution in [2.75, 3.05) is 7.11 Å². The lowest BCUT2D eigenvalue weighted by atomic mass is 10.1. The van der Waals surface area contributed by atoms with Crippen LogP contribution >= 0.6 is 0 Å². The van der Waals surface area contributed by atoms with Crippen LogP contribution in [0.2, 0.25) is 0 Å². The minimum Gasteiger partial charge on any atom is -0.467 e. The largest absolute Gasteiger partial charge is 0.467 e. The maximum Gasteiger partial charge on any atom is 0.328 e. The number of imidazole rings is 1. The van der Waals surface area contributed by atoms with Crippen LogP contribution in [-0.2, 0) is 27.2 Å². The fraction of sp³-hybridized carbons (Fsp3) is 0.312. The van der Waals surface area contributed by atoms with Crippen molar-refractivity contribution in [1.29, 1.82) is 0 Å². The van der Waals surface area contributed by atoms with Crippen molar-refractivity contribution in [3.05, 3.63) is 47.8 Å². The lowest BCUT2D eigenvalue weighted by Crippen LogP contribution is -2.43. The Labute approximate surface area is 139 Å². The second-order valence-corrected chi connectivity index (χ2v) is 5.16. The average Bonchev–Trinajstić information content (AvgIpc) is 3.07. The molecule has 1 aromatic carbocycles. The van der Waals surface area contributed by atoms with Gasteiger partial charge in [0.15, 0.2) is 0 Å². The number of aryl methyl sites for hydroxylation is 1. The van der Waals surface area contributed by atoms with E-state index in [9.17, 15) is 9.59 Å². The highest BCUT2D eigenvalue weighted by Crippen LogP contribution is 2.08. The molecule has 2 rings (SSSR count). The summed E-state index contributed by atoms with van der Waals surface area (Å²) in [7, 11) is 1.27. The van der Waals surface area contributed by atoms with Crippen molar-refractivity contribution in [2.45, 2.75) is 25.3 Å². The highest BCUT2D eigenvalue weighted by Gasteiger charge is 2.23. The van der Waals surface area contributed by atoms with Crippen molar-refractivity contribution < 1.29 is 19.2 Å². The number of nitrogens with one attached hydrogen (secondary N) is 2. The molecule has 128 valence electrons. The van der Waals surface area contributed by atoms with Gasteiger partial charge in [-0.25, -0.2) is 9.78 Å². The Hall–Kier alpha value is -2.87. The normalized spacial score (nSPS) is 11.6. The van der Waals surface area contributed by atoms with Crippen LogP contribution in [0.15, 0.2) is 36.5 Å². The van der Waals surface area contributed by atoms with Gasteiger partial charge in [0.25, 0.3) is 0 Å². The molecular weight excluding hydrogens is 312 g/mol. The summed E-state index contributed by atoms with van der Waals surface area (Å²) in [6, 6.07) is 8.96. The summed E-state index contributed by atoms with van der Waals surface area (Å²) < 4.78 is 4.74. The van der Waals surface area contributed by atoms with E-state index in [1.165, 1.54) is 13.3 Å². The molecule has 4 N–H and O–H groups in total. The van der Waals surface area contributed by atoms with Gasteiger partial charge in [-0.2, -0.15) is 5.90 Å². The Morgan fingerprint density at radius 1 is 1.33 bits per heavy atom. The number of aromatic amines is 1. The summed E-state index contributed by atoms with van der Waals surface area (Å²) in [6.45, 7) is 0. The maximum atomic E-state index is 12.1. The third kappa shape index (κ3) is 5.10. The van der Waals surface area contributed by atoms with Gasteiger partial charge in [-0.3, -0.25) is 4.79 Å². The molecule has 1 atom stereocenters. The number of hydrogen-bond donors (Lipinski definition) is 3. The number of ether oxygens (including phenoxy) is 1. The number of benzene rings is 1. The van der Waals surface area contributed by atoms with E-state index in [1.807, 2.05) is 30.3 Å². The van der Waals surface area contributed by atoms with Gasteiger partial charge in [-0.1, -0.05) is 30.3 Å². The van der Waals surface area contributed by atoms with E-state index in [-0.39, 0.29) is 24.8 Å². The number of amides is 1. The molecule has 8 heteroatoms. The number of H-pyrrole nitrogens is 1. The molecule has 0 fully saturated rings. The van der Waals surface area contributed by atoms with Crippen molar-refractivity contribution >= 4 is 11.9 Å². The molecule has 0 bridgehead atoms. The van der Waals surface area contributed by atoms with Crippen molar-refractivity contribution in [3.8, 4) is 6.01 Å². The summed E-state index contributed by atoms with van der Waals surface area (Å²) in [5, 5.41) is 2.68. The van der Waals surface area contributed by atoms with Gasteiger partial charge in [-0.15, -0.1) is 0 Å². The number of rotatable bonds is 8. The second-order valence-electron chi connectivity index (χ2n) is 5.16. The number of methoxy groups -OCH3 is 1. The number of aromatic nitrogens is 2. The Kier molecular flexibility index (Phi) is 6.32. The van der Waals surface area contributed by atoms with E-state index in [1.54, 1.807) is 0 Å². The summed E-state index contributed by atoms with van der Waals surface area (Å²) in [5.74, 6) is 4.23. The molecule has 24 heavy (non-hydrogen) atoms. The Morgan fingerprint density at radius 2 is 2.08 bits per heavy atom. The zero-order chi connectivity index (χ0) is 17.4. The molecular formula is C16H20N4O4. The fourth-order valence-corrected chi connectivity index (χ4v) is 2.23. The monoisotopic (exact) mass is 332 g/mol. The van der Waals surface area contributed by atoms with Crippen LogP contribution in [0.1, 0.15) is 17.7 Å². The molecule has 8 nitrogen and oxygen atoms in total. The standard InChI is InChI=1S/C16H20N4O4/c1-23-15(22)13(9-12-10-18-16(19-12)24-17)20-14(21)8-7-11-5-3-2-4-6-11/h2-6,10,13H,7-9,17H2,1H3,(H,18,19)(H,20,21)/t13-/m0/s1. The van der Waals surface area contributed by atoms with Crippen LogP contribution in [0.4, 0.5) is 0 Å². The Morgan fingerprint density at radius 3 is 2.71 bits per heavy atom. The second kappa shape index (κ2) is 8.68.